The van der Waals surface area contributed by atoms with Gasteiger partial charge in [0.25, 0.3) is 0 Å². The van der Waals surface area contributed by atoms with Crippen molar-refractivity contribution < 1.29 is 9.13 Å². The molecule has 3 unspecified atom stereocenters. The van der Waals surface area contributed by atoms with E-state index in [1.165, 1.54) is 17.7 Å². The molecule has 1 aromatic carbocycles. The molecule has 2 heteroatoms. The van der Waals surface area contributed by atoms with Crippen molar-refractivity contribution in [2.75, 3.05) is 0 Å². The van der Waals surface area contributed by atoms with Crippen LogP contribution in [0.25, 0.3) is 0 Å². The van der Waals surface area contributed by atoms with Gasteiger partial charge in [0.15, 0.2) is 0 Å². The second kappa shape index (κ2) is 3.70. The van der Waals surface area contributed by atoms with Gasteiger partial charge in [0.05, 0.1) is 12.2 Å². The number of benzene rings is 1. The molecule has 1 aromatic rings. The van der Waals surface area contributed by atoms with Crippen LogP contribution in [0.4, 0.5) is 4.39 Å². The Hall–Kier alpha value is -0.890. The van der Waals surface area contributed by atoms with Crippen molar-refractivity contribution in [2.45, 2.75) is 38.4 Å². The fourth-order valence-electron chi connectivity index (χ4n) is 1.75. The maximum atomic E-state index is 12.7. The summed E-state index contributed by atoms with van der Waals surface area (Å²) in [5, 5.41) is 0. The number of halogens is 1. The monoisotopic (exact) mass is 194 g/mol. The van der Waals surface area contributed by atoms with Gasteiger partial charge in [-0.1, -0.05) is 19.1 Å². The third-order valence-electron chi connectivity index (χ3n) is 2.86. The van der Waals surface area contributed by atoms with E-state index in [2.05, 4.69) is 13.8 Å². The molecular weight excluding hydrogens is 179 g/mol. The topological polar surface area (TPSA) is 12.5 Å². The molecule has 1 aliphatic heterocycles. The first kappa shape index (κ1) is 9.66. The lowest BCUT2D eigenvalue weighted by Gasteiger charge is -2.09. The lowest BCUT2D eigenvalue weighted by atomic mass is 9.95. The maximum absolute atomic E-state index is 12.7. The van der Waals surface area contributed by atoms with E-state index in [9.17, 15) is 4.39 Å². The first-order chi connectivity index (χ1) is 6.66. The Bertz CT molecular complexity index is 307. The summed E-state index contributed by atoms with van der Waals surface area (Å²) >= 11 is 0. The zero-order valence-electron chi connectivity index (χ0n) is 8.53. The zero-order valence-corrected chi connectivity index (χ0v) is 8.53. The minimum atomic E-state index is -0.169. The normalized spacial score (nSPS) is 27.4. The molecule has 0 spiro atoms. The van der Waals surface area contributed by atoms with E-state index < -0.39 is 0 Å². The van der Waals surface area contributed by atoms with Crippen LogP contribution in [0.5, 0.6) is 0 Å². The minimum absolute atomic E-state index is 0.169. The van der Waals surface area contributed by atoms with E-state index in [0.29, 0.717) is 18.1 Å². The van der Waals surface area contributed by atoms with Crippen LogP contribution in [0, 0.1) is 5.82 Å². The van der Waals surface area contributed by atoms with Crippen LogP contribution in [0.3, 0.4) is 0 Å². The molecule has 0 saturated carbocycles. The van der Waals surface area contributed by atoms with Crippen molar-refractivity contribution >= 4 is 0 Å². The summed E-state index contributed by atoms with van der Waals surface area (Å²) in [5.41, 5.74) is 1.19. The summed E-state index contributed by atoms with van der Waals surface area (Å²) in [5.74, 6) is 0.280. The van der Waals surface area contributed by atoms with Crippen LogP contribution in [-0.2, 0) is 4.74 Å². The predicted molar refractivity (Wildman–Crippen MR) is 53.8 cm³/mol. The Morgan fingerprint density at radius 1 is 1.36 bits per heavy atom. The molecule has 0 bridgehead atoms. The van der Waals surface area contributed by atoms with Gasteiger partial charge in [0.1, 0.15) is 5.82 Å². The summed E-state index contributed by atoms with van der Waals surface area (Å²) in [7, 11) is 0. The van der Waals surface area contributed by atoms with Crippen LogP contribution in [0.1, 0.15) is 31.7 Å². The van der Waals surface area contributed by atoms with Gasteiger partial charge in [0, 0.05) is 0 Å². The minimum Gasteiger partial charge on any atom is -0.370 e. The third-order valence-corrected chi connectivity index (χ3v) is 2.86. The second-order valence-corrected chi connectivity index (χ2v) is 4.07. The Labute approximate surface area is 83.9 Å². The van der Waals surface area contributed by atoms with Crippen LogP contribution < -0.4 is 0 Å². The van der Waals surface area contributed by atoms with Gasteiger partial charge in [-0.15, -0.1) is 0 Å². The van der Waals surface area contributed by atoms with E-state index in [4.69, 9.17) is 4.74 Å². The van der Waals surface area contributed by atoms with E-state index in [-0.39, 0.29) is 5.82 Å². The standard InChI is InChI=1S/C12H15FO/c1-8(7-12-9(2)14-12)10-3-5-11(13)6-4-10/h3-6,8-9,12H,7H2,1-2H3. The molecule has 0 aliphatic carbocycles. The zero-order chi connectivity index (χ0) is 10.1. The van der Waals surface area contributed by atoms with Crippen molar-refractivity contribution in [2.24, 2.45) is 0 Å². The maximum Gasteiger partial charge on any atom is 0.123 e. The Balaban J connectivity index is 1.96. The van der Waals surface area contributed by atoms with Crippen molar-refractivity contribution in [3.63, 3.8) is 0 Å². The van der Waals surface area contributed by atoms with Gasteiger partial charge < -0.3 is 4.74 Å². The fraction of sp³-hybridized carbons (Fsp3) is 0.500. The average molecular weight is 194 g/mol. The molecule has 76 valence electrons. The molecule has 1 aliphatic rings. The number of hydrogen-bond acceptors (Lipinski definition) is 1. The Kier molecular flexibility index (Phi) is 2.55. The summed E-state index contributed by atoms with van der Waals surface area (Å²) < 4.78 is 18.0. The molecule has 1 saturated heterocycles. The quantitative estimate of drug-likeness (QED) is 0.673. The summed E-state index contributed by atoms with van der Waals surface area (Å²) in [6.45, 7) is 4.24. The van der Waals surface area contributed by atoms with E-state index in [0.717, 1.165) is 6.42 Å². The first-order valence-electron chi connectivity index (χ1n) is 5.07. The van der Waals surface area contributed by atoms with Crippen LogP contribution >= 0.6 is 0 Å². The van der Waals surface area contributed by atoms with Crippen molar-refractivity contribution in [3.05, 3.63) is 35.6 Å². The molecule has 1 nitrogen and oxygen atoms in total. The van der Waals surface area contributed by atoms with Crippen LogP contribution in [0.2, 0.25) is 0 Å². The fourth-order valence-corrected chi connectivity index (χ4v) is 1.75. The highest BCUT2D eigenvalue weighted by molar-refractivity contribution is 5.20. The van der Waals surface area contributed by atoms with Gasteiger partial charge in [-0.05, 0) is 37.0 Å². The van der Waals surface area contributed by atoms with E-state index >= 15 is 0 Å². The van der Waals surface area contributed by atoms with Crippen molar-refractivity contribution in [1.82, 2.24) is 0 Å². The molecule has 14 heavy (non-hydrogen) atoms. The second-order valence-electron chi connectivity index (χ2n) is 4.07. The lowest BCUT2D eigenvalue weighted by molar-refractivity contribution is 0.362. The van der Waals surface area contributed by atoms with Crippen LogP contribution in [0.15, 0.2) is 24.3 Å². The highest BCUT2D eigenvalue weighted by Gasteiger charge is 2.35. The summed E-state index contributed by atoms with van der Waals surface area (Å²) in [4.78, 5) is 0. The van der Waals surface area contributed by atoms with Gasteiger partial charge in [-0.3, -0.25) is 0 Å². The van der Waals surface area contributed by atoms with Crippen molar-refractivity contribution in [3.8, 4) is 0 Å². The van der Waals surface area contributed by atoms with Gasteiger partial charge >= 0.3 is 0 Å². The van der Waals surface area contributed by atoms with Gasteiger partial charge in [-0.2, -0.15) is 0 Å². The van der Waals surface area contributed by atoms with Gasteiger partial charge in [-0.25, -0.2) is 4.39 Å². The Morgan fingerprint density at radius 3 is 2.43 bits per heavy atom. The van der Waals surface area contributed by atoms with Crippen LogP contribution in [-0.4, -0.2) is 12.2 Å². The highest BCUT2D eigenvalue weighted by Crippen LogP contribution is 2.32. The van der Waals surface area contributed by atoms with Crippen molar-refractivity contribution in [1.29, 1.82) is 0 Å². The number of ether oxygens (including phenoxy) is 1. The summed E-state index contributed by atoms with van der Waals surface area (Å²) in [6, 6.07) is 6.74. The number of rotatable bonds is 3. The van der Waals surface area contributed by atoms with Gasteiger partial charge in [0.2, 0.25) is 0 Å². The molecule has 1 fully saturated rings. The molecule has 2 rings (SSSR count). The Morgan fingerprint density at radius 2 is 1.93 bits per heavy atom. The smallest absolute Gasteiger partial charge is 0.123 e. The third kappa shape index (κ3) is 2.13. The molecule has 0 radical (unpaired) electrons. The average Bonchev–Trinajstić information content (AvgIpc) is 2.82. The lowest BCUT2D eigenvalue weighted by Crippen LogP contribution is -1.99. The number of hydrogen-bond donors (Lipinski definition) is 0. The van der Waals surface area contributed by atoms with E-state index in [1.807, 2.05) is 12.1 Å². The number of epoxide rings is 1. The van der Waals surface area contributed by atoms with E-state index in [1.54, 1.807) is 0 Å². The first-order valence-corrected chi connectivity index (χ1v) is 5.07. The molecule has 3 atom stereocenters. The molecule has 0 amide bonds. The molecular formula is C12H15FO. The predicted octanol–water partition coefficient (Wildman–Crippen LogP) is 3.11. The molecule has 0 aromatic heterocycles. The summed E-state index contributed by atoms with van der Waals surface area (Å²) in [6.07, 6.45) is 1.86. The highest BCUT2D eigenvalue weighted by atomic mass is 19.1. The SMILES string of the molecule is CC(CC1OC1C)c1ccc(F)cc1. The molecule has 1 heterocycles. The molecule has 0 N–H and O–H groups in total. The largest absolute Gasteiger partial charge is 0.370 e.